The van der Waals surface area contributed by atoms with Gasteiger partial charge in [-0.25, -0.2) is 0 Å². The van der Waals surface area contributed by atoms with Gasteiger partial charge in [0.15, 0.2) is 0 Å². The number of likely N-dealkylation sites (tertiary alicyclic amines) is 1. The zero-order valence-corrected chi connectivity index (χ0v) is 13.8. The van der Waals surface area contributed by atoms with Crippen molar-refractivity contribution in [2.45, 2.75) is 33.1 Å². The number of halogens is 2. The third kappa shape index (κ3) is 7.35. The summed E-state index contributed by atoms with van der Waals surface area (Å²) in [7, 11) is 0. The molecule has 1 aliphatic rings. The lowest BCUT2D eigenvalue weighted by Gasteiger charge is -2.22. The minimum atomic E-state index is 0. The first-order chi connectivity index (χ1) is 8.21. The zero-order valence-electron chi connectivity index (χ0n) is 12.1. The van der Waals surface area contributed by atoms with Gasteiger partial charge in [0.1, 0.15) is 0 Å². The number of amides is 1. The van der Waals surface area contributed by atoms with E-state index in [9.17, 15) is 4.79 Å². The Morgan fingerprint density at radius 3 is 2.47 bits per heavy atom. The average molecular weight is 314 g/mol. The Morgan fingerprint density at radius 1 is 1.32 bits per heavy atom. The van der Waals surface area contributed by atoms with E-state index in [2.05, 4.69) is 18.7 Å². The minimum Gasteiger partial charge on any atom is -0.342 e. The standard InChI is InChI=1S/C13H27N3O.2ClH/c1-3-15(4-2)10-12-7-9-16(11-12)13(17)6-5-8-14;;/h12H,3-11,14H2,1-2H3;2*1H. The van der Waals surface area contributed by atoms with Gasteiger partial charge in [-0.2, -0.15) is 0 Å². The largest absolute Gasteiger partial charge is 0.342 e. The topological polar surface area (TPSA) is 49.6 Å². The number of hydrogen-bond donors (Lipinski definition) is 1. The molecule has 1 rings (SSSR count). The molecular formula is C13H29Cl2N3O. The Hall–Kier alpha value is -0.0300. The van der Waals surface area contributed by atoms with E-state index in [1.807, 2.05) is 4.90 Å². The van der Waals surface area contributed by atoms with Crippen molar-refractivity contribution >= 4 is 30.7 Å². The van der Waals surface area contributed by atoms with E-state index >= 15 is 0 Å². The maximum absolute atomic E-state index is 11.8. The average Bonchev–Trinajstić information content (AvgIpc) is 2.81. The van der Waals surface area contributed by atoms with Gasteiger partial charge < -0.3 is 15.5 Å². The van der Waals surface area contributed by atoms with Crippen LogP contribution in [0.3, 0.4) is 0 Å². The van der Waals surface area contributed by atoms with Crippen molar-refractivity contribution in [2.75, 3.05) is 39.3 Å². The van der Waals surface area contributed by atoms with Gasteiger partial charge in [0.2, 0.25) is 5.91 Å². The van der Waals surface area contributed by atoms with Crippen LogP contribution in [0.15, 0.2) is 0 Å². The highest BCUT2D eigenvalue weighted by Gasteiger charge is 2.26. The molecule has 1 amide bonds. The van der Waals surface area contributed by atoms with Crippen molar-refractivity contribution in [2.24, 2.45) is 11.7 Å². The smallest absolute Gasteiger partial charge is 0.222 e. The summed E-state index contributed by atoms with van der Waals surface area (Å²) >= 11 is 0. The third-order valence-corrected chi connectivity index (χ3v) is 3.64. The van der Waals surface area contributed by atoms with Crippen LogP contribution in [-0.2, 0) is 4.79 Å². The van der Waals surface area contributed by atoms with Crippen molar-refractivity contribution in [1.82, 2.24) is 9.80 Å². The van der Waals surface area contributed by atoms with E-state index in [0.29, 0.717) is 18.9 Å². The lowest BCUT2D eigenvalue weighted by atomic mass is 10.1. The van der Waals surface area contributed by atoms with Crippen molar-refractivity contribution in [3.63, 3.8) is 0 Å². The molecule has 1 saturated heterocycles. The second-order valence-electron chi connectivity index (χ2n) is 4.87. The van der Waals surface area contributed by atoms with Gasteiger partial charge in [-0.15, -0.1) is 24.8 Å². The quantitative estimate of drug-likeness (QED) is 0.779. The molecule has 1 atom stereocenters. The monoisotopic (exact) mass is 313 g/mol. The first kappa shape index (κ1) is 21.3. The van der Waals surface area contributed by atoms with Gasteiger partial charge >= 0.3 is 0 Å². The molecule has 0 aromatic rings. The molecule has 2 N–H and O–H groups in total. The zero-order chi connectivity index (χ0) is 12.7. The normalized spacial score (nSPS) is 18.1. The maximum Gasteiger partial charge on any atom is 0.222 e. The Bertz CT molecular complexity index is 238. The fraction of sp³-hybridized carbons (Fsp3) is 0.923. The second-order valence-corrected chi connectivity index (χ2v) is 4.87. The fourth-order valence-corrected chi connectivity index (χ4v) is 2.47. The summed E-state index contributed by atoms with van der Waals surface area (Å²) in [6.07, 6.45) is 2.59. The number of carbonyl (C=O) groups is 1. The SMILES string of the molecule is CCN(CC)CC1CCN(C(=O)CCCN)C1.Cl.Cl. The molecular weight excluding hydrogens is 285 g/mol. The Labute approximate surface area is 129 Å². The van der Waals surface area contributed by atoms with Crippen LogP contribution in [0.25, 0.3) is 0 Å². The first-order valence-electron chi connectivity index (χ1n) is 6.91. The van der Waals surface area contributed by atoms with Gasteiger partial charge in [-0.3, -0.25) is 4.79 Å². The number of hydrogen-bond acceptors (Lipinski definition) is 3. The molecule has 0 aromatic heterocycles. The van der Waals surface area contributed by atoms with Gasteiger partial charge in [0.25, 0.3) is 0 Å². The van der Waals surface area contributed by atoms with Gasteiger partial charge in [0.05, 0.1) is 0 Å². The summed E-state index contributed by atoms with van der Waals surface area (Å²) in [4.78, 5) is 16.3. The number of carbonyl (C=O) groups excluding carboxylic acids is 1. The Balaban J connectivity index is 0. The molecule has 0 radical (unpaired) electrons. The molecule has 0 saturated carbocycles. The van der Waals surface area contributed by atoms with Gasteiger partial charge in [-0.05, 0) is 38.4 Å². The highest BCUT2D eigenvalue weighted by Crippen LogP contribution is 2.18. The summed E-state index contributed by atoms with van der Waals surface area (Å²) < 4.78 is 0. The molecule has 1 unspecified atom stereocenters. The van der Waals surface area contributed by atoms with Crippen LogP contribution in [0.1, 0.15) is 33.1 Å². The molecule has 4 nitrogen and oxygen atoms in total. The van der Waals surface area contributed by atoms with Crippen LogP contribution < -0.4 is 5.73 Å². The molecule has 0 spiro atoms. The molecule has 6 heteroatoms. The lowest BCUT2D eigenvalue weighted by molar-refractivity contribution is -0.130. The molecule has 0 bridgehead atoms. The molecule has 1 heterocycles. The van der Waals surface area contributed by atoms with Crippen molar-refractivity contribution in [1.29, 1.82) is 0 Å². The fourth-order valence-electron chi connectivity index (χ4n) is 2.47. The molecule has 1 aliphatic heterocycles. The van der Waals surface area contributed by atoms with Crippen LogP contribution in [0.4, 0.5) is 0 Å². The highest BCUT2D eigenvalue weighted by atomic mass is 35.5. The second kappa shape index (κ2) is 11.8. The van der Waals surface area contributed by atoms with E-state index in [1.54, 1.807) is 0 Å². The number of nitrogens with zero attached hydrogens (tertiary/aromatic N) is 2. The van der Waals surface area contributed by atoms with Crippen molar-refractivity contribution in [3.8, 4) is 0 Å². The summed E-state index contributed by atoms with van der Waals surface area (Å²) in [5, 5.41) is 0. The maximum atomic E-state index is 11.8. The summed E-state index contributed by atoms with van der Waals surface area (Å²) in [5.41, 5.74) is 5.43. The Morgan fingerprint density at radius 2 is 1.95 bits per heavy atom. The van der Waals surface area contributed by atoms with Crippen molar-refractivity contribution in [3.05, 3.63) is 0 Å². The van der Waals surface area contributed by atoms with E-state index < -0.39 is 0 Å². The number of rotatable bonds is 7. The summed E-state index contributed by atoms with van der Waals surface area (Å²) in [6, 6.07) is 0. The molecule has 116 valence electrons. The van der Waals surface area contributed by atoms with E-state index in [4.69, 9.17) is 5.73 Å². The Kier molecular flexibility index (Phi) is 13.2. The van der Waals surface area contributed by atoms with E-state index in [0.717, 1.165) is 45.6 Å². The molecule has 19 heavy (non-hydrogen) atoms. The van der Waals surface area contributed by atoms with Crippen LogP contribution in [0, 0.1) is 5.92 Å². The molecule has 1 fully saturated rings. The summed E-state index contributed by atoms with van der Waals surface area (Å²) in [5.74, 6) is 0.953. The van der Waals surface area contributed by atoms with Crippen LogP contribution in [-0.4, -0.2) is 55.0 Å². The highest BCUT2D eigenvalue weighted by molar-refractivity contribution is 5.85. The predicted octanol–water partition coefficient (Wildman–Crippen LogP) is 1.76. The third-order valence-electron chi connectivity index (χ3n) is 3.64. The molecule has 0 aliphatic carbocycles. The van der Waals surface area contributed by atoms with E-state index in [1.165, 1.54) is 0 Å². The number of nitrogens with two attached hydrogens (primary N) is 1. The predicted molar refractivity (Wildman–Crippen MR) is 85.3 cm³/mol. The van der Waals surface area contributed by atoms with Crippen LogP contribution >= 0.6 is 24.8 Å². The first-order valence-corrected chi connectivity index (χ1v) is 6.91. The van der Waals surface area contributed by atoms with E-state index in [-0.39, 0.29) is 30.7 Å². The van der Waals surface area contributed by atoms with Crippen LogP contribution in [0.2, 0.25) is 0 Å². The molecule has 0 aromatic carbocycles. The van der Waals surface area contributed by atoms with Crippen LogP contribution in [0.5, 0.6) is 0 Å². The van der Waals surface area contributed by atoms with Gasteiger partial charge in [0, 0.05) is 26.1 Å². The summed E-state index contributed by atoms with van der Waals surface area (Å²) in [6.45, 7) is 10.2. The minimum absolute atomic E-state index is 0. The van der Waals surface area contributed by atoms with Crippen molar-refractivity contribution < 1.29 is 4.79 Å². The van der Waals surface area contributed by atoms with Gasteiger partial charge in [-0.1, -0.05) is 13.8 Å². The lowest BCUT2D eigenvalue weighted by Crippen LogP contribution is -2.33.